The number of rotatable bonds is 5. The second-order valence-electron chi connectivity index (χ2n) is 7.71. The molecule has 1 aliphatic heterocycles. The van der Waals surface area contributed by atoms with Crippen LogP contribution in [0.4, 0.5) is 0 Å². The van der Waals surface area contributed by atoms with Crippen LogP contribution in [0.5, 0.6) is 0 Å². The van der Waals surface area contributed by atoms with Gasteiger partial charge in [0.2, 0.25) is 0 Å². The lowest BCUT2D eigenvalue weighted by molar-refractivity contribution is 0.0946. The minimum atomic E-state index is -0.478. The maximum absolute atomic E-state index is 12.7. The molecule has 1 N–H and O–H groups in total. The van der Waals surface area contributed by atoms with Gasteiger partial charge < -0.3 is 5.32 Å². The number of hydrogen-bond donors (Lipinski definition) is 1. The lowest BCUT2D eigenvalue weighted by atomic mass is 10.1. The number of likely N-dealkylation sites (tertiary alicyclic amines) is 1. The Labute approximate surface area is 173 Å². The van der Waals surface area contributed by atoms with E-state index in [1.807, 2.05) is 18.2 Å². The molecule has 0 bridgehead atoms. The highest BCUT2D eigenvalue weighted by atomic mass is 16.2. The average molecular weight is 407 g/mol. The molecule has 8 nitrogen and oxygen atoms in total. The normalized spacial score (nSPS) is 14.3. The Morgan fingerprint density at radius 1 is 1.00 bits per heavy atom. The molecule has 0 spiro atoms. The van der Waals surface area contributed by atoms with Gasteiger partial charge in [-0.2, -0.15) is 0 Å². The zero-order chi connectivity index (χ0) is 21.3. The van der Waals surface area contributed by atoms with E-state index in [4.69, 9.17) is 0 Å². The van der Waals surface area contributed by atoms with Crippen LogP contribution in [-0.2, 0) is 27.2 Å². The summed E-state index contributed by atoms with van der Waals surface area (Å²) < 4.78 is 2.31. The number of aryl methyl sites for hydroxylation is 1. The van der Waals surface area contributed by atoms with Crippen molar-refractivity contribution >= 4 is 16.9 Å². The van der Waals surface area contributed by atoms with Gasteiger partial charge in [0.25, 0.3) is 11.5 Å². The first kappa shape index (κ1) is 20.0. The first-order chi connectivity index (χ1) is 14.5. The molecule has 1 aromatic carbocycles. The van der Waals surface area contributed by atoms with Gasteiger partial charge in [-0.15, -0.1) is 0 Å². The van der Waals surface area contributed by atoms with Crippen molar-refractivity contribution in [3.63, 3.8) is 0 Å². The molecule has 0 atom stereocenters. The lowest BCUT2D eigenvalue weighted by Crippen LogP contribution is -2.37. The van der Waals surface area contributed by atoms with Crippen LogP contribution in [0.2, 0.25) is 0 Å². The molecule has 156 valence electrons. The number of carbonyl (C=O) groups is 1. The van der Waals surface area contributed by atoms with Gasteiger partial charge in [0.15, 0.2) is 0 Å². The van der Waals surface area contributed by atoms with E-state index in [1.165, 1.54) is 43.1 Å². The van der Waals surface area contributed by atoms with Gasteiger partial charge in [-0.3, -0.25) is 23.6 Å². The molecular weight excluding hydrogens is 382 g/mol. The highest BCUT2D eigenvalue weighted by Crippen LogP contribution is 2.16. The molecule has 0 radical (unpaired) electrons. The zero-order valence-electron chi connectivity index (χ0n) is 17.2. The van der Waals surface area contributed by atoms with Crippen LogP contribution in [0, 0.1) is 0 Å². The molecule has 3 aromatic rings. The standard InChI is InChI=1S/C22H25N5O3/c1-25-19-17(21(29)26(2)22(25)30)9-10-18(24-19)20(28)23-13-15-7-3-4-8-16(15)14-27-11-5-6-12-27/h3-4,7-10H,5-6,11-14H2,1-2H3,(H,23,28). The smallest absolute Gasteiger partial charge is 0.332 e. The lowest BCUT2D eigenvalue weighted by Gasteiger charge is -2.17. The SMILES string of the molecule is Cn1c(=O)c2ccc(C(=O)NCc3ccccc3CN3CCCC3)nc2n(C)c1=O. The Kier molecular flexibility index (Phi) is 5.50. The highest BCUT2D eigenvalue weighted by molar-refractivity contribution is 5.94. The summed E-state index contributed by atoms with van der Waals surface area (Å²) in [6.45, 7) is 3.49. The van der Waals surface area contributed by atoms with E-state index in [0.29, 0.717) is 11.9 Å². The van der Waals surface area contributed by atoms with Crippen LogP contribution in [0.25, 0.3) is 11.0 Å². The van der Waals surface area contributed by atoms with Crippen molar-refractivity contribution < 1.29 is 4.79 Å². The first-order valence-electron chi connectivity index (χ1n) is 10.1. The minimum absolute atomic E-state index is 0.169. The van der Waals surface area contributed by atoms with Gasteiger partial charge in [0.1, 0.15) is 11.3 Å². The summed E-state index contributed by atoms with van der Waals surface area (Å²) in [6.07, 6.45) is 2.47. The monoisotopic (exact) mass is 407 g/mol. The number of carbonyl (C=O) groups excluding carboxylic acids is 1. The van der Waals surface area contributed by atoms with Gasteiger partial charge in [-0.05, 0) is 49.2 Å². The quantitative estimate of drug-likeness (QED) is 0.686. The summed E-state index contributed by atoms with van der Waals surface area (Å²) in [5, 5.41) is 3.21. The molecule has 0 unspecified atom stereocenters. The Morgan fingerprint density at radius 3 is 2.43 bits per heavy atom. The number of nitrogens with zero attached hydrogens (tertiary/aromatic N) is 4. The topological polar surface area (TPSA) is 89.2 Å². The third kappa shape index (κ3) is 3.78. The Morgan fingerprint density at radius 2 is 1.70 bits per heavy atom. The van der Waals surface area contributed by atoms with Crippen LogP contribution >= 0.6 is 0 Å². The summed E-state index contributed by atoms with van der Waals surface area (Å²) >= 11 is 0. The molecule has 0 saturated carbocycles. The zero-order valence-corrected chi connectivity index (χ0v) is 17.2. The molecule has 1 fully saturated rings. The van der Waals surface area contributed by atoms with Crippen LogP contribution in [-0.4, -0.2) is 38.0 Å². The maximum atomic E-state index is 12.7. The van der Waals surface area contributed by atoms with E-state index in [0.717, 1.165) is 29.8 Å². The molecule has 1 aliphatic rings. The van der Waals surface area contributed by atoms with Crippen LogP contribution in [0.1, 0.15) is 34.5 Å². The number of amides is 1. The number of benzene rings is 1. The van der Waals surface area contributed by atoms with Crippen molar-refractivity contribution in [1.82, 2.24) is 24.3 Å². The Bertz CT molecular complexity index is 1220. The van der Waals surface area contributed by atoms with Crippen molar-refractivity contribution in [3.8, 4) is 0 Å². The molecule has 1 amide bonds. The predicted molar refractivity (Wildman–Crippen MR) is 114 cm³/mol. The molecular formula is C22H25N5O3. The second-order valence-corrected chi connectivity index (χ2v) is 7.71. The summed E-state index contributed by atoms with van der Waals surface area (Å²) in [5.41, 5.74) is 1.74. The molecule has 2 aromatic heterocycles. The largest absolute Gasteiger partial charge is 0.347 e. The third-order valence-electron chi connectivity index (χ3n) is 5.68. The van der Waals surface area contributed by atoms with Crippen molar-refractivity contribution in [3.05, 3.63) is 74.1 Å². The number of pyridine rings is 1. The van der Waals surface area contributed by atoms with E-state index in [-0.39, 0.29) is 17.2 Å². The molecule has 30 heavy (non-hydrogen) atoms. The molecule has 0 aliphatic carbocycles. The summed E-state index contributed by atoms with van der Waals surface area (Å²) in [4.78, 5) is 43.9. The predicted octanol–water partition coefficient (Wildman–Crippen LogP) is 1.16. The van der Waals surface area contributed by atoms with E-state index >= 15 is 0 Å². The van der Waals surface area contributed by atoms with Crippen molar-refractivity contribution in [2.75, 3.05) is 13.1 Å². The van der Waals surface area contributed by atoms with Crippen LogP contribution < -0.4 is 16.6 Å². The van der Waals surface area contributed by atoms with Crippen molar-refractivity contribution in [2.45, 2.75) is 25.9 Å². The van der Waals surface area contributed by atoms with E-state index in [1.54, 1.807) is 6.07 Å². The molecule has 4 rings (SSSR count). The fourth-order valence-electron chi connectivity index (χ4n) is 3.91. The van der Waals surface area contributed by atoms with Gasteiger partial charge in [0, 0.05) is 27.2 Å². The number of aromatic nitrogens is 3. The molecule has 8 heteroatoms. The Hall–Kier alpha value is -3.26. The fraction of sp³-hybridized carbons (Fsp3) is 0.364. The van der Waals surface area contributed by atoms with Gasteiger partial charge in [0.05, 0.1) is 5.39 Å². The maximum Gasteiger partial charge on any atom is 0.332 e. The number of nitrogens with one attached hydrogen (secondary N) is 1. The highest BCUT2D eigenvalue weighted by Gasteiger charge is 2.16. The van der Waals surface area contributed by atoms with Crippen molar-refractivity contribution in [1.29, 1.82) is 0 Å². The van der Waals surface area contributed by atoms with Gasteiger partial charge in [-0.25, -0.2) is 9.78 Å². The summed E-state index contributed by atoms with van der Waals surface area (Å²) in [5.74, 6) is -0.346. The fourth-order valence-corrected chi connectivity index (χ4v) is 3.91. The van der Waals surface area contributed by atoms with E-state index < -0.39 is 11.2 Å². The molecule has 3 heterocycles. The van der Waals surface area contributed by atoms with E-state index in [2.05, 4.69) is 21.3 Å². The summed E-state index contributed by atoms with van der Waals surface area (Å²) in [6, 6.07) is 11.2. The second kappa shape index (κ2) is 8.23. The van der Waals surface area contributed by atoms with Crippen molar-refractivity contribution in [2.24, 2.45) is 14.1 Å². The first-order valence-corrected chi connectivity index (χ1v) is 10.1. The molecule has 1 saturated heterocycles. The van der Waals surface area contributed by atoms with Crippen LogP contribution in [0.3, 0.4) is 0 Å². The van der Waals surface area contributed by atoms with Crippen LogP contribution in [0.15, 0.2) is 46.0 Å². The van der Waals surface area contributed by atoms with Gasteiger partial charge in [-0.1, -0.05) is 24.3 Å². The van der Waals surface area contributed by atoms with Gasteiger partial charge >= 0.3 is 5.69 Å². The number of hydrogen-bond acceptors (Lipinski definition) is 5. The average Bonchev–Trinajstić information content (AvgIpc) is 3.28. The Balaban J connectivity index is 1.54. The number of fused-ring (bicyclic) bond motifs is 1. The van der Waals surface area contributed by atoms with E-state index in [9.17, 15) is 14.4 Å². The summed E-state index contributed by atoms with van der Waals surface area (Å²) in [7, 11) is 2.96. The third-order valence-corrected chi connectivity index (χ3v) is 5.68. The minimum Gasteiger partial charge on any atom is -0.347 e.